The smallest absolute Gasteiger partial charge is 0.410 e. The molecular formula is C37H41ClF2N2O7. The number of ether oxygens (including phenoxy) is 5. The maximum absolute atomic E-state index is 16.7. The zero-order chi connectivity index (χ0) is 34.9. The van der Waals surface area contributed by atoms with Crippen LogP contribution in [0.15, 0.2) is 48.5 Å². The Labute approximate surface area is 289 Å². The van der Waals surface area contributed by atoms with Gasteiger partial charge in [-0.3, -0.25) is 4.79 Å². The largest absolute Gasteiger partial charge is 0.488 e. The number of halogens is 3. The molecule has 3 aliphatic heterocycles. The number of hydrogen-bond acceptors (Lipinski definition) is 7. The molecular weight excluding hydrogens is 658 g/mol. The Morgan fingerprint density at radius 2 is 1.84 bits per heavy atom. The molecule has 6 rings (SSSR count). The van der Waals surface area contributed by atoms with Crippen molar-refractivity contribution in [3.8, 4) is 22.6 Å². The third-order valence-corrected chi connectivity index (χ3v) is 9.45. The molecule has 1 N–H and O–H groups in total. The van der Waals surface area contributed by atoms with Crippen LogP contribution in [-0.4, -0.2) is 68.2 Å². The van der Waals surface area contributed by atoms with Gasteiger partial charge in [-0.1, -0.05) is 41.9 Å². The van der Waals surface area contributed by atoms with Crippen molar-refractivity contribution < 1.29 is 42.1 Å². The van der Waals surface area contributed by atoms with Crippen LogP contribution in [0.25, 0.3) is 11.1 Å². The van der Waals surface area contributed by atoms with Gasteiger partial charge < -0.3 is 33.9 Å². The minimum atomic E-state index is -1.19. The highest BCUT2D eigenvalue weighted by molar-refractivity contribution is 6.34. The lowest BCUT2D eigenvalue weighted by atomic mass is 9.76. The van der Waals surface area contributed by atoms with Gasteiger partial charge in [0.25, 0.3) is 5.91 Å². The minimum absolute atomic E-state index is 0.00689. The number of amides is 2. The first-order valence-electron chi connectivity index (χ1n) is 16.6. The number of carbonyl (C=O) groups excluding carboxylic acids is 2. The summed E-state index contributed by atoms with van der Waals surface area (Å²) < 4.78 is 62.0. The van der Waals surface area contributed by atoms with E-state index in [0.717, 1.165) is 24.8 Å². The standard InChI is InChI=1S/C37H41ClF2N2O7/c1-36(2,3)49-35(44)42-16-15-28(42)37(22-10-6-5-7-11-22)21-24-27(48-37)20-25(39)32(38)30(24)31-23(34(43)41-4)13-14-26(33(31)40)45-18-19-47-29-12-8-9-17-46-29/h5-7,10-11,13-14,20,28-29H,8-9,12,15-19,21H2,1-4H3,(H,41,43). The molecule has 0 radical (unpaired) electrons. The van der Waals surface area contributed by atoms with E-state index in [1.165, 1.54) is 25.2 Å². The highest BCUT2D eigenvalue weighted by atomic mass is 35.5. The van der Waals surface area contributed by atoms with Crippen molar-refractivity contribution in [2.24, 2.45) is 0 Å². The van der Waals surface area contributed by atoms with Gasteiger partial charge in [-0.05, 0) is 64.2 Å². The summed E-state index contributed by atoms with van der Waals surface area (Å²) in [5, 5.41) is 2.17. The molecule has 2 amide bonds. The van der Waals surface area contributed by atoms with Crippen LogP contribution in [0.4, 0.5) is 13.6 Å². The minimum Gasteiger partial charge on any atom is -0.488 e. The van der Waals surface area contributed by atoms with Crippen LogP contribution in [0.2, 0.25) is 5.02 Å². The van der Waals surface area contributed by atoms with E-state index in [1.54, 1.807) is 25.7 Å². The second-order valence-corrected chi connectivity index (χ2v) is 13.8. The number of hydrogen-bond donors (Lipinski definition) is 1. The van der Waals surface area contributed by atoms with Crippen molar-refractivity contribution in [1.82, 2.24) is 10.2 Å². The third kappa shape index (κ3) is 6.93. The van der Waals surface area contributed by atoms with E-state index in [-0.39, 0.29) is 59.1 Å². The van der Waals surface area contributed by atoms with Gasteiger partial charge in [-0.2, -0.15) is 0 Å². The molecule has 3 aromatic rings. The molecule has 49 heavy (non-hydrogen) atoms. The number of nitrogens with zero attached hydrogens (tertiary/aromatic N) is 1. The monoisotopic (exact) mass is 698 g/mol. The van der Waals surface area contributed by atoms with Crippen molar-refractivity contribution in [2.75, 3.05) is 33.4 Å². The second-order valence-electron chi connectivity index (χ2n) is 13.4. The molecule has 3 heterocycles. The van der Waals surface area contributed by atoms with E-state index in [2.05, 4.69) is 5.32 Å². The van der Waals surface area contributed by atoms with Crippen LogP contribution < -0.4 is 14.8 Å². The summed E-state index contributed by atoms with van der Waals surface area (Å²) >= 11 is 6.70. The molecule has 0 spiro atoms. The van der Waals surface area contributed by atoms with Gasteiger partial charge in [0.2, 0.25) is 0 Å². The highest BCUT2D eigenvalue weighted by Gasteiger charge is 2.56. The summed E-state index contributed by atoms with van der Waals surface area (Å²) in [7, 11) is 1.42. The summed E-state index contributed by atoms with van der Waals surface area (Å²) in [6.07, 6.45) is 2.58. The molecule has 3 aliphatic rings. The fourth-order valence-electron chi connectivity index (χ4n) is 6.74. The van der Waals surface area contributed by atoms with E-state index in [4.69, 9.17) is 35.3 Å². The molecule has 3 atom stereocenters. The first kappa shape index (κ1) is 34.9. The Hall–Kier alpha value is -3.93. The van der Waals surface area contributed by atoms with E-state index in [9.17, 15) is 9.59 Å². The molecule has 3 unspecified atom stereocenters. The van der Waals surface area contributed by atoms with Crippen molar-refractivity contribution in [2.45, 2.75) is 76.4 Å². The van der Waals surface area contributed by atoms with E-state index >= 15 is 8.78 Å². The zero-order valence-electron chi connectivity index (χ0n) is 28.1. The lowest BCUT2D eigenvalue weighted by molar-refractivity contribution is -0.165. The quantitative estimate of drug-likeness (QED) is 0.233. The second kappa shape index (κ2) is 14.1. The van der Waals surface area contributed by atoms with Crippen molar-refractivity contribution in [1.29, 1.82) is 0 Å². The number of benzene rings is 3. The van der Waals surface area contributed by atoms with Crippen molar-refractivity contribution >= 4 is 23.6 Å². The predicted octanol–water partition coefficient (Wildman–Crippen LogP) is 7.41. The van der Waals surface area contributed by atoms with Gasteiger partial charge in [-0.15, -0.1) is 0 Å². The molecule has 0 bridgehead atoms. The molecule has 0 aromatic heterocycles. The fraction of sp³-hybridized carbons (Fsp3) is 0.459. The molecule has 262 valence electrons. The normalized spacial score (nSPS) is 21.7. The zero-order valence-corrected chi connectivity index (χ0v) is 28.8. The van der Waals surface area contributed by atoms with Gasteiger partial charge >= 0.3 is 6.09 Å². The fourth-order valence-corrected chi connectivity index (χ4v) is 7.01. The predicted molar refractivity (Wildman–Crippen MR) is 179 cm³/mol. The summed E-state index contributed by atoms with van der Waals surface area (Å²) in [5.41, 5.74) is -1.10. The number of likely N-dealkylation sites (tertiary alicyclic amines) is 1. The molecule has 0 saturated carbocycles. The summed E-state index contributed by atoms with van der Waals surface area (Å²) in [5.74, 6) is -2.37. The first-order chi connectivity index (χ1) is 23.4. The van der Waals surface area contributed by atoms with Crippen LogP contribution >= 0.6 is 11.6 Å². The number of fused-ring (bicyclic) bond motifs is 1. The number of carbonyl (C=O) groups is 2. The first-order valence-corrected chi connectivity index (χ1v) is 17.0. The van der Waals surface area contributed by atoms with Crippen LogP contribution in [0.3, 0.4) is 0 Å². The SMILES string of the molecule is CNC(=O)c1ccc(OCCOC2CCCCO2)c(F)c1-c1c(Cl)c(F)cc2c1CC(c1ccccc1)(C1CCN1C(=O)OC(C)(C)C)O2. The van der Waals surface area contributed by atoms with Gasteiger partial charge in [-0.25, -0.2) is 13.6 Å². The van der Waals surface area contributed by atoms with Gasteiger partial charge in [0, 0.05) is 49.4 Å². The Bertz CT molecular complexity index is 1710. The maximum Gasteiger partial charge on any atom is 0.410 e. The highest BCUT2D eigenvalue weighted by Crippen LogP contribution is 2.54. The summed E-state index contributed by atoms with van der Waals surface area (Å²) in [6.45, 7) is 6.59. The lowest BCUT2D eigenvalue weighted by Gasteiger charge is -2.50. The van der Waals surface area contributed by atoms with Gasteiger partial charge in [0.1, 0.15) is 23.8 Å². The van der Waals surface area contributed by atoms with E-state index in [1.807, 2.05) is 30.3 Å². The van der Waals surface area contributed by atoms with Crippen molar-refractivity contribution in [3.63, 3.8) is 0 Å². The van der Waals surface area contributed by atoms with Crippen LogP contribution in [-0.2, 0) is 26.2 Å². The molecule has 2 fully saturated rings. The summed E-state index contributed by atoms with van der Waals surface area (Å²) in [4.78, 5) is 28.1. The Balaban J connectivity index is 1.40. The maximum atomic E-state index is 16.7. The average molecular weight is 699 g/mol. The molecule has 2 saturated heterocycles. The van der Waals surface area contributed by atoms with Crippen molar-refractivity contribution in [3.05, 3.63) is 81.9 Å². The third-order valence-electron chi connectivity index (χ3n) is 9.08. The summed E-state index contributed by atoms with van der Waals surface area (Å²) in [6, 6.07) is 12.8. The van der Waals surface area contributed by atoms with Crippen LogP contribution in [0.5, 0.6) is 11.5 Å². The van der Waals surface area contributed by atoms with Crippen LogP contribution in [0, 0.1) is 11.6 Å². The van der Waals surface area contributed by atoms with Gasteiger partial charge in [0.15, 0.2) is 23.5 Å². The average Bonchev–Trinajstić information content (AvgIpc) is 3.42. The lowest BCUT2D eigenvalue weighted by Crippen LogP contribution is -2.63. The number of nitrogens with one attached hydrogen (secondary N) is 1. The molecule has 0 aliphatic carbocycles. The van der Waals surface area contributed by atoms with Gasteiger partial charge in [0.05, 0.1) is 23.2 Å². The van der Waals surface area contributed by atoms with Crippen LogP contribution in [0.1, 0.15) is 67.9 Å². The van der Waals surface area contributed by atoms with E-state index in [0.29, 0.717) is 25.1 Å². The van der Waals surface area contributed by atoms with E-state index < -0.39 is 40.9 Å². The Kier molecular flexibility index (Phi) is 10.1. The Morgan fingerprint density at radius 3 is 2.49 bits per heavy atom. The number of rotatable bonds is 9. The topological polar surface area (TPSA) is 95.6 Å². The Morgan fingerprint density at radius 1 is 1.06 bits per heavy atom. The molecule has 3 aromatic carbocycles. The molecule has 12 heteroatoms. The molecule has 9 nitrogen and oxygen atoms in total.